The first-order valence-corrected chi connectivity index (χ1v) is 6.40. The predicted molar refractivity (Wildman–Crippen MR) is 72.8 cm³/mol. The van der Waals surface area contributed by atoms with E-state index in [1.807, 2.05) is 18.3 Å². The second-order valence-electron chi connectivity index (χ2n) is 4.46. The molecule has 1 aromatic heterocycles. The largest absolute Gasteiger partial charge is 0.481 e. The summed E-state index contributed by atoms with van der Waals surface area (Å²) >= 11 is 0. The molecule has 0 unspecified atom stereocenters. The summed E-state index contributed by atoms with van der Waals surface area (Å²) in [5.74, 6) is 0.663. The Kier molecular flexibility index (Phi) is 4.73. The first kappa shape index (κ1) is 13.1. The highest BCUT2D eigenvalue weighted by Gasteiger charge is 2.21. The Morgan fingerprint density at radius 1 is 1.50 bits per heavy atom. The Morgan fingerprint density at radius 3 is 2.83 bits per heavy atom. The van der Waals surface area contributed by atoms with Gasteiger partial charge < -0.3 is 10.1 Å². The fraction of sp³-hybridized carbons (Fsp3) is 0.500. The highest BCUT2D eigenvalue weighted by atomic mass is 16.5. The van der Waals surface area contributed by atoms with Crippen molar-refractivity contribution in [1.29, 1.82) is 0 Å². The van der Waals surface area contributed by atoms with Gasteiger partial charge in [-0.1, -0.05) is 12.1 Å². The van der Waals surface area contributed by atoms with Crippen LogP contribution in [0.15, 0.2) is 31.0 Å². The highest BCUT2D eigenvalue weighted by Crippen LogP contribution is 2.25. The number of hydrogen-bond donors (Lipinski definition) is 1. The molecule has 0 aromatic carbocycles. The van der Waals surface area contributed by atoms with E-state index in [1.165, 1.54) is 5.56 Å². The highest BCUT2D eigenvalue weighted by molar-refractivity contribution is 5.21. The zero-order valence-electron chi connectivity index (χ0n) is 10.9. The van der Waals surface area contributed by atoms with Crippen LogP contribution in [0.3, 0.4) is 0 Å². The van der Waals surface area contributed by atoms with Crippen LogP contribution in [-0.2, 0) is 0 Å². The van der Waals surface area contributed by atoms with Gasteiger partial charge in [-0.2, -0.15) is 0 Å². The van der Waals surface area contributed by atoms with Gasteiger partial charge in [-0.15, -0.1) is 6.58 Å². The molecule has 98 valence electrons. The maximum atomic E-state index is 5.10. The number of ether oxygens (including phenoxy) is 1. The van der Waals surface area contributed by atoms with Crippen LogP contribution in [0.5, 0.6) is 5.88 Å². The number of methoxy groups -OCH3 is 1. The summed E-state index contributed by atoms with van der Waals surface area (Å²) in [7, 11) is 1.64. The zero-order valence-corrected chi connectivity index (χ0v) is 10.9. The van der Waals surface area contributed by atoms with Gasteiger partial charge in [0.05, 0.1) is 7.11 Å². The molecule has 0 saturated carbocycles. The lowest BCUT2D eigenvalue weighted by Gasteiger charge is -2.34. The third-order valence-corrected chi connectivity index (χ3v) is 3.34. The van der Waals surface area contributed by atoms with Crippen molar-refractivity contribution in [2.75, 3.05) is 33.3 Å². The maximum absolute atomic E-state index is 5.10. The van der Waals surface area contributed by atoms with Crippen molar-refractivity contribution in [2.24, 2.45) is 0 Å². The Balaban J connectivity index is 2.13. The zero-order chi connectivity index (χ0) is 12.8. The second kappa shape index (κ2) is 6.52. The van der Waals surface area contributed by atoms with E-state index in [9.17, 15) is 0 Å². The molecule has 2 rings (SSSR count). The van der Waals surface area contributed by atoms with Crippen molar-refractivity contribution in [1.82, 2.24) is 15.2 Å². The van der Waals surface area contributed by atoms with Gasteiger partial charge in [-0.3, -0.25) is 4.90 Å². The quantitative estimate of drug-likeness (QED) is 0.802. The van der Waals surface area contributed by atoms with Crippen molar-refractivity contribution in [3.63, 3.8) is 0 Å². The van der Waals surface area contributed by atoms with Crippen LogP contribution >= 0.6 is 0 Å². The smallest absolute Gasteiger partial charge is 0.212 e. The number of aromatic nitrogens is 1. The molecule has 18 heavy (non-hydrogen) atoms. The van der Waals surface area contributed by atoms with Gasteiger partial charge in [0.1, 0.15) is 0 Å². The van der Waals surface area contributed by atoms with E-state index in [1.54, 1.807) is 7.11 Å². The Labute approximate surface area is 109 Å². The first-order valence-electron chi connectivity index (χ1n) is 6.40. The molecule has 0 spiro atoms. The van der Waals surface area contributed by atoms with E-state index in [0.29, 0.717) is 11.9 Å². The van der Waals surface area contributed by atoms with Crippen LogP contribution < -0.4 is 10.1 Å². The summed E-state index contributed by atoms with van der Waals surface area (Å²) < 4.78 is 5.10. The molecule has 0 aliphatic carbocycles. The molecule has 1 aromatic rings. The van der Waals surface area contributed by atoms with Crippen LogP contribution in [0.2, 0.25) is 0 Å². The van der Waals surface area contributed by atoms with Crippen LogP contribution in [0, 0.1) is 0 Å². The lowest BCUT2D eigenvalue weighted by Crippen LogP contribution is -2.45. The molecule has 1 aliphatic rings. The summed E-state index contributed by atoms with van der Waals surface area (Å²) in [6.07, 6.45) is 4.85. The number of nitrogens with zero attached hydrogens (tertiary/aromatic N) is 2. The van der Waals surface area contributed by atoms with Crippen LogP contribution in [0.4, 0.5) is 0 Å². The normalized spacial score (nSPS) is 18.3. The first-order chi connectivity index (χ1) is 8.85. The molecule has 0 radical (unpaired) electrons. The second-order valence-corrected chi connectivity index (χ2v) is 4.46. The summed E-state index contributed by atoms with van der Waals surface area (Å²) in [6.45, 7) is 8.12. The number of rotatable bonds is 5. The van der Waals surface area contributed by atoms with Crippen molar-refractivity contribution < 1.29 is 4.74 Å². The Hall–Kier alpha value is -1.39. The topological polar surface area (TPSA) is 37.4 Å². The van der Waals surface area contributed by atoms with Crippen LogP contribution in [0.25, 0.3) is 0 Å². The molecule has 4 heteroatoms. The van der Waals surface area contributed by atoms with Crippen molar-refractivity contribution in [2.45, 2.75) is 12.5 Å². The van der Waals surface area contributed by atoms with Crippen LogP contribution in [0.1, 0.15) is 18.0 Å². The van der Waals surface area contributed by atoms with E-state index in [4.69, 9.17) is 4.74 Å². The van der Waals surface area contributed by atoms with Gasteiger partial charge in [0.2, 0.25) is 5.88 Å². The van der Waals surface area contributed by atoms with E-state index >= 15 is 0 Å². The minimum atomic E-state index is 0.378. The molecule has 0 bridgehead atoms. The lowest BCUT2D eigenvalue weighted by atomic mass is 10.0. The standard InChI is InChI=1S/C14H21N3O/c1-3-4-13(17-9-7-15-8-10-17)12-5-6-14(18-2)16-11-12/h3,5-6,11,13,15H,1,4,7-10H2,2H3/t13-/m0/s1. The Bertz CT molecular complexity index is 371. The molecule has 1 fully saturated rings. The van der Waals surface area contributed by atoms with Gasteiger partial charge in [0, 0.05) is 44.5 Å². The van der Waals surface area contributed by atoms with Gasteiger partial charge in [-0.05, 0) is 12.0 Å². The van der Waals surface area contributed by atoms with E-state index < -0.39 is 0 Å². The summed E-state index contributed by atoms with van der Waals surface area (Å²) in [5, 5.41) is 3.38. The van der Waals surface area contributed by atoms with Gasteiger partial charge >= 0.3 is 0 Å². The lowest BCUT2D eigenvalue weighted by molar-refractivity contribution is 0.174. The number of hydrogen-bond acceptors (Lipinski definition) is 4. The molecule has 4 nitrogen and oxygen atoms in total. The fourth-order valence-electron chi connectivity index (χ4n) is 2.36. The minimum absolute atomic E-state index is 0.378. The summed E-state index contributed by atoms with van der Waals surface area (Å²) in [6, 6.07) is 4.40. The number of piperazine rings is 1. The average molecular weight is 247 g/mol. The number of nitrogens with one attached hydrogen (secondary N) is 1. The molecule has 0 amide bonds. The number of pyridine rings is 1. The SMILES string of the molecule is C=CC[C@@H](c1ccc(OC)nc1)N1CCNCC1. The molecule has 1 aliphatic heterocycles. The minimum Gasteiger partial charge on any atom is -0.481 e. The molecule has 1 N–H and O–H groups in total. The van der Waals surface area contributed by atoms with Crippen molar-refractivity contribution in [3.05, 3.63) is 36.5 Å². The van der Waals surface area contributed by atoms with E-state index in [-0.39, 0.29) is 0 Å². The maximum Gasteiger partial charge on any atom is 0.212 e. The molecule has 2 heterocycles. The van der Waals surface area contributed by atoms with Crippen molar-refractivity contribution >= 4 is 0 Å². The van der Waals surface area contributed by atoms with E-state index in [2.05, 4.69) is 27.8 Å². The predicted octanol–water partition coefficient (Wildman–Crippen LogP) is 1.61. The molecule has 1 atom stereocenters. The summed E-state index contributed by atoms with van der Waals surface area (Å²) in [4.78, 5) is 6.78. The fourth-order valence-corrected chi connectivity index (χ4v) is 2.36. The monoisotopic (exact) mass is 247 g/mol. The Morgan fingerprint density at radius 2 is 2.28 bits per heavy atom. The van der Waals surface area contributed by atoms with Gasteiger partial charge in [0.25, 0.3) is 0 Å². The molecule has 1 saturated heterocycles. The van der Waals surface area contributed by atoms with Crippen LogP contribution in [-0.4, -0.2) is 43.2 Å². The third kappa shape index (κ3) is 3.09. The summed E-state index contributed by atoms with van der Waals surface area (Å²) in [5.41, 5.74) is 1.23. The van der Waals surface area contributed by atoms with E-state index in [0.717, 1.165) is 32.6 Å². The van der Waals surface area contributed by atoms with Gasteiger partial charge in [-0.25, -0.2) is 4.98 Å². The van der Waals surface area contributed by atoms with Gasteiger partial charge in [0.15, 0.2) is 0 Å². The van der Waals surface area contributed by atoms with Crippen molar-refractivity contribution in [3.8, 4) is 5.88 Å². The third-order valence-electron chi connectivity index (χ3n) is 3.34. The molecular formula is C14H21N3O. The molecular weight excluding hydrogens is 226 g/mol. The average Bonchev–Trinajstić information content (AvgIpc) is 2.46.